The summed E-state index contributed by atoms with van der Waals surface area (Å²) in [5.41, 5.74) is 4.68. The van der Waals surface area contributed by atoms with Gasteiger partial charge in [-0.3, -0.25) is 5.32 Å². The number of nitriles is 1. The fourth-order valence-corrected chi connectivity index (χ4v) is 4.04. The fraction of sp³-hybridized carbons (Fsp3) is 0.214. The molecule has 1 aromatic heterocycles. The first kappa shape index (κ1) is 22.9. The number of aromatic nitrogens is 1. The van der Waals surface area contributed by atoms with E-state index in [1.54, 1.807) is 6.07 Å². The standard InChI is InChI=1S/C28H27N3O3/c1-4-31-26-16-23(34-19(2)3)13-14-24(26)25(17-29)27(31)21-11-8-12-22(15-21)30-28(32)33-18-20-9-6-5-7-10-20/h5-16,19H,4,18H2,1-3H3,(H,30,32). The lowest BCUT2D eigenvalue weighted by molar-refractivity contribution is 0.155. The Morgan fingerprint density at radius 3 is 2.56 bits per heavy atom. The SMILES string of the molecule is CCn1c(-c2cccc(NC(=O)OCc3ccccc3)c2)c(C#N)c2ccc(OC(C)C)cc21. The second-order valence-corrected chi connectivity index (χ2v) is 8.19. The molecule has 0 unspecified atom stereocenters. The maximum atomic E-state index is 12.3. The Bertz CT molecular complexity index is 1350. The number of nitrogens with one attached hydrogen (secondary N) is 1. The summed E-state index contributed by atoms with van der Waals surface area (Å²) >= 11 is 0. The van der Waals surface area contributed by atoms with Gasteiger partial charge in [-0.25, -0.2) is 4.79 Å². The van der Waals surface area contributed by atoms with Crippen molar-refractivity contribution in [1.29, 1.82) is 5.26 Å². The smallest absolute Gasteiger partial charge is 0.411 e. The molecule has 34 heavy (non-hydrogen) atoms. The summed E-state index contributed by atoms with van der Waals surface area (Å²) in [6.45, 7) is 6.88. The molecule has 0 atom stereocenters. The molecule has 4 rings (SSSR count). The zero-order chi connectivity index (χ0) is 24.1. The first-order chi connectivity index (χ1) is 16.5. The number of hydrogen-bond acceptors (Lipinski definition) is 4. The van der Waals surface area contributed by atoms with Crippen LogP contribution in [0.25, 0.3) is 22.2 Å². The molecule has 0 spiro atoms. The molecule has 3 aromatic carbocycles. The predicted molar refractivity (Wildman–Crippen MR) is 134 cm³/mol. The summed E-state index contributed by atoms with van der Waals surface area (Å²) in [4.78, 5) is 12.3. The molecule has 0 aliphatic heterocycles. The van der Waals surface area contributed by atoms with Gasteiger partial charge in [0.25, 0.3) is 0 Å². The largest absolute Gasteiger partial charge is 0.491 e. The number of anilines is 1. The molecule has 0 aliphatic carbocycles. The van der Waals surface area contributed by atoms with Crippen molar-refractivity contribution >= 4 is 22.7 Å². The minimum absolute atomic E-state index is 0.0572. The molecule has 4 aromatic rings. The Labute approximate surface area is 199 Å². The number of ether oxygens (including phenoxy) is 2. The highest BCUT2D eigenvalue weighted by atomic mass is 16.5. The van der Waals surface area contributed by atoms with E-state index >= 15 is 0 Å². The lowest BCUT2D eigenvalue weighted by Gasteiger charge is -2.12. The van der Waals surface area contributed by atoms with Gasteiger partial charge in [0.1, 0.15) is 18.4 Å². The Kier molecular flexibility index (Phi) is 6.84. The predicted octanol–water partition coefficient (Wildman–Crippen LogP) is 6.74. The fourth-order valence-electron chi connectivity index (χ4n) is 4.04. The number of amides is 1. The zero-order valence-electron chi connectivity index (χ0n) is 19.5. The molecule has 6 nitrogen and oxygen atoms in total. The van der Waals surface area contributed by atoms with Crippen LogP contribution in [-0.2, 0) is 17.9 Å². The highest BCUT2D eigenvalue weighted by Gasteiger charge is 2.19. The minimum atomic E-state index is -0.534. The Hall–Kier alpha value is -4.24. The van der Waals surface area contributed by atoms with E-state index in [4.69, 9.17) is 9.47 Å². The van der Waals surface area contributed by atoms with Crippen LogP contribution < -0.4 is 10.1 Å². The summed E-state index contributed by atoms with van der Waals surface area (Å²) in [7, 11) is 0. The van der Waals surface area contributed by atoms with Crippen molar-refractivity contribution in [3.8, 4) is 23.1 Å². The molecular weight excluding hydrogens is 426 g/mol. The van der Waals surface area contributed by atoms with Gasteiger partial charge in [0.15, 0.2) is 0 Å². The molecule has 0 saturated carbocycles. The van der Waals surface area contributed by atoms with E-state index in [0.29, 0.717) is 17.8 Å². The lowest BCUT2D eigenvalue weighted by Crippen LogP contribution is -2.13. The lowest BCUT2D eigenvalue weighted by atomic mass is 10.1. The summed E-state index contributed by atoms with van der Waals surface area (Å²) in [6.07, 6.45) is -0.477. The highest BCUT2D eigenvalue weighted by Crippen LogP contribution is 2.36. The van der Waals surface area contributed by atoms with E-state index in [1.165, 1.54) is 0 Å². The first-order valence-electron chi connectivity index (χ1n) is 11.3. The van der Waals surface area contributed by atoms with Gasteiger partial charge < -0.3 is 14.0 Å². The highest BCUT2D eigenvalue weighted by molar-refractivity contribution is 5.96. The third kappa shape index (κ3) is 4.89. The summed E-state index contributed by atoms with van der Waals surface area (Å²) in [5, 5.41) is 13.7. The Morgan fingerprint density at radius 1 is 1.06 bits per heavy atom. The second-order valence-electron chi connectivity index (χ2n) is 8.19. The van der Waals surface area contributed by atoms with Crippen molar-refractivity contribution in [1.82, 2.24) is 4.57 Å². The van der Waals surface area contributed by atoms with E-state index in [1.807, 2.05) is 87.5 Å². The van der Waals surface area contributed by atoms with Crippen LogP contribution in [0.2, 0.25) is 0 Å². The number of nitrogens with zero attached hydrogens (tertiary/aromatic N) is 2. The van der Waals surface area contributed by atoms with Gasteiger partial charge in [-0.2, -0.15) is 5.26 Å². The van der Waals surface area contributed by atoms with Crippen LogP contribution in [0.15, 0.2) is 72.8 Å². The van der Waals surface area contributed by atoms with Crippen molar-refractivity contribution in [2.75, 3.05) is 5.32 Å². The monoisotopic (exact) mass is 453 g/mol. The molecule has 0 bridgehead atoms. The summed E-state index contributed by atoms with van der Waals surface area (Å²) < 4.78 is 13.3. The zero-order valence-corrected chi connectivity index (χ0v) is 19.5. The number of carbonyl (C=O) groups is 1. The molecular formula is C28H27N3O3. The molecule has 1 heterocycles. The quantitative estimate of drug-likeness (QED) is 0.336. The maximum absolute atomic E-state index is 12.3. The second kappa shape index (κ2) is 10.1. The maximum Gasteiger partial charge on any atom is 0.411 e. The van der Waals surface area contributed by atoms with Crippen LogP contribution >= 0.6 is 0 Å². The van der Waals surface area contributed by atoms with Gasteiger partial charge in [-0.1, -0.05) is 42.5 Å². The van der Waals surface area contributed by atoms with E-state index in [-0.39, 0.29) is 12.7 Å². The van der Waals surface area contributed by atoms with E-state index in [0.717, 1.165) is 33.5 Å². The molecule has 0 aliphatic rings. The van der Waals surface area contributed by atoms with E-state index < -0.39 is 6.09 Å². The van der Waals surface area contributed by atoms with Crippen LogP contribution in [0.1, 0.15) is 31.9 Å². The van der Waals surface area contributed by atoms with Crippen LogP contribution in [0, 0.1) is 11.3 Å². The molecule has 6 heteroatoms. The topological polar surface area (TPSA) is 76.3 Å². The Morgan fingerprint density at radius 2 is 1.85 bits per heavy atom. The van der Waals surface area contributed by atoms with Gasteiger partial charge in [0, 0.05) is 29.2 Å². The van der Waals surface area contributed by atoms with Gasteiger partial charge in [0.2, 0.25) is 0 Å². The van der Waals surface area contributed by atoms with Gasteiger partial charge >= 0.3 is 6.09 Å². The third-order valence-corrected chi connectivity index (χ3v) is 5.43. The molecule has 0 saturated heterocycles. The van der Waals surface area contributed by atoms with Crippen molar-refractivity contribution in [3.63, 3.8) is 0 Å². The molecule has 1 N–H and O–H groups in total. The first-order valence-corrected chi connectivity index (χ1v) is 11.3. The number of aryl methyl sites for hydroxylation is 1. The van der Waals surface area contributed by atoms with Crippen molar-refractivity contribution in [3.05, 3.63) is 83.9 Å². The van der Waals surface area contributed by atoms with Crippen molar-refractivity contribution in [2.24, 2.45) is 0 Å². The molecule has 172 valence electrons. The number of rotatable bonds is 7. The summed E-state index contributed by atoms with van der Waals surface area (Å²) in [6, 6.07) is 25.2. The van der Waals surface area contributed by atoms with Gasteiger partial charge in [-0.15, -0.1) is 0 Å². The number of hydrogen-bond donors (Lipinski definition) is 1. The van der Waals surface area contributed by atoms with Crippen LogP contribution in [-0.4, -0.2) is 16.8 Å². The average molecular weight is 454 g/mol. The minimum Gasteiger partial charge on any atom is -0.491 e. The third-order valence-electron chi connectivity index (χ3n) is 5.43. The number of benzene rings is 3. The summed E-state index contributed by atoms with van der Waals surface area (Å²) in [5.74, 6) is 0.766. The number of fused-ring (bicyclic) bond motifs is 1. The average Bonchev–Trinajstić information content (AvgIpc) is 3.16. The van der Waals surface area contributed by atoms with Crippen molar-refractivity contribution < 1.29 is 14.3 Å². The van der Waals surface area contributed by atoms with Gasteiger partial charge in [-0.05, 0) is 50.6 Å². The Balaban J connectivity index is 1.64. The molecule has 0 fully saturated rings. The van der Waals surface area contributed by atoms with E-state index in [9.17, 15) is 10.1 Å². The number of carbonyl (C=O) groups excluding carboxylic acids is 1. The van der Waals surface area contributed by atoms with Crippen molar-refractivity contribution in [2.45, 2.75) is 40.0 Å². The normalized spacial score (nSPS) is 10.8. The molecule has 1 amide bonds. The molecule has 0 radical (unpaired) electrons. The van der Waals surface area contributed by atoms with E-state index in [2.05, 4.69) is 16.0 Å². The van der Waals surface area contributed by atoms with Crippen LogP contribution in [0.3, 0.4) is 0 Å². The van der Waals surface area contributed by atoms with Crippen LogP contribution in [0.5, 0.6) is 5.75 Å². The van der Waals surface area contributed by atoms with Gasteiger partial charge in [0.05, 0.1) is 22.9 Å². The van der Waals surface area contributed by atoms with Crippen LogP contribution in [0.4, 0.5) is 10.5 Å².